The molecule has 0 saturated carbocycles. The van der Waals surface area contributed by atoms with Gasteiger partial charge in [-0.3, -0.25) is 19.0 Å². The van der Waals surface area contributed by atoms with Gasteiger partial charge in [0.05, 0.1) is 17.6 Å². The van der Waals surface area contributed by atoms with Crippen molar-refractivity contribution in [2.75, 3.05) is 13.1 Å². The molecule has 1 amide bonds. The fourth-order valence-electron chi connectivity index (χ4n) is 2.80. The fraction of sp³-hybridized carbons (Fsp3) is 0.467. The van der Waals surface area contributed by atoms with Crippen molar-refractivity contribution in [3.8, 4) is 0 Å². The highest BCUT2D eigenvalue weighted by molar-refractivity contribution is 7.16. The number of aryl methyl sites for hydroxylation is 1. The minimum atomic E-state index is -0.793. The van der Waals surface area contributed by atoms with Crippen LogP contribution in [0.25, 0.3) is 10.2 Å². The maximum Gasteiger partial charge on any atom is 0.306 e. The highest BCUT2D eigenvalue weighted by Crippen LogP contribution is 2.18. The molecule has 8 heteroatoms. The van der Waals surface area contributed by atoms with Crippen molar-refractivity contribution in [1.29, 1.82) is 0 Å². The molecule has 0 radical (unpaired) electrons. The lowest BCUT2D eigenvalue weighted by atomic mass is 9.97. The smallest absolute Gasteiger partial charge is 0.306 e. The monoisotopic (exact) mass is 335 g/mol. The zero-order chi connectivity index (χ0) is 16.4. The van der Waals surface area contributed by atoms with E-state index in [0.717, 1.165) is 0 Å². The van der Waals surface area contributed by atoms with Gasteiger partial charge in [0.2, 0.25) is 5.91 Å². The van der Waals surface area contributed by atoms with Gasteiger partial charge in [-0.15, -0.1) is 11.3 Å². The number of carboxylic acid groups (broad SMARTS) is 1. The second kappa shape index (κ2) is 6.49. The van der Waals surface area contributed by atoms with Crippen LogP contribution in [0.4, 0.5) is 0 Å². The van der Waals surface area contributed by atoms with Gasteiger partial charge in [0.25, 0.3) is 5.56 Å². The van der Waals surface area contributed by atoms with Crippen molar-refractivity contribution in [2.24, 2.45) is 5.92 Å². The first-order valence-electron chi connectivity index (χ1n) is 7.49. The molecule has 1 aliphatic heterocycles. The van der Waals surface area contributed by atoms with Gasteiger partial charge in [-0.25, -0.2) is 4.98 Å². The van der Waals surface area contributed by atoms with E-state index in [9.17, 15) is 14.4 Å². The number of aliphatic carboxylic acids is 1. The van der Waals surface area contributed by atoms with Crippen LogP contribution in [-0.4, -0.2) is 44.5 Å². The summed E-state index contributed by atoms with van der Waals surface area (Å²) < 4.78 is 1.46. The Balaban J connectivity index is 1.59. The summed E-state index contributed by atoms with van der Waals surface area (Å²) in [6, 6.07) is 1.74. The van der Waals surface area contributed by atoms with Crippen molar-refractivity contribution < 1.29 is 14.7 Å². The van der Waals surface area contributed by atoms with Crippen LogP contribution < -0.4 is 5.56 Å². The number of carbonyl (C=O) groups is 2. The number of rotatable bonds is 4. The average molecular weight is 335 g/mol. The van der Waals surface area contributed by atoms with E-state index >= 15 is 0 Å². The summed E-state index contributed by atoms with van der Waals surface area (Å²) >= 11 is 1.41. The zero-order valence-electron chi connectivity index (χ0n) is 12.5. The average Bonchev–Trinajstić information content (AvgIpc) is 3.03. The number of amides is 1. The van der Waals surface area contributed by atoms with Crippen LogP contribution in [0.1, 0.15) is 19.3 Å². The lowest BCUT2D eigenvalue weighted by Crippen LogP contribution is -2.40. The molecule has 2 aromatic heterocycles. The second-order valence-electron chi connectivity index (χ2n) is 5.63. The molecule has 0 aliphatic carbocycles. The Kier molecular flexibility index (Phi) is 4.42. The van der Waals surface area contributed by atoms with Crippen LogP contribution in [0.15, 0.2) is 22.6 Å². The number of thiophene rings is 1. The second-order valence-corrected chi connectivity index (χ2v) is 6.52. The number of carbonyl (C=O) groups excluding carboxylic acids is 1. The first-order chi connectivity index (χ1) is 11.1. The summed E-state index contributed by atoms with van der Waals surface area (Å²) in [7, 11) is 0. The Hall–Kier alpha value is -2.22. The predicted octanol–water partition coefficient (Wildman–Crippen LogP) is 1.17. The van der Waals surface area contributed by atoms with Gasteiger partial charge in [-0.2, -0.15) is 0 Å². The number of carboxylic acids is 1. The lowest BCUT2D eigenvalue weighted by molar-refractivity contribution is -0.145. The maximum absolute atomic E-state index is 12.2. The SMILES string of the molecule is O=C(O)C1CCN(C(=O)CCn2cnc3sccc3c2=O)CC1. The number of aromatic nitrogens is 2. The molecule has 0 unspecified atom stereocenters. The minimum absolute atomic E-state index is 0.0499. The van der Waals surface area contributed by atoms with Gasteiger partial charge in [-0.1, -0.05) is 0 Å². The third-order valence-electron chi connectivity index (χ3n) is 4.21. The summed E-state index contributed by atoms with van der Waals surface area (Å²) in [5, 5.41) is 11.4. The van der Waals surface area contributed by atoms with Crippen LogP contribution in [0.3, 0.4) is 0 Å². The van der Waals surface area contributed by atoms with Crippen LogP contribution in [0.5, 0.6) is 0 Å². The standard InChI is InChI=1S/C15H17N3O4S/c19-12(17-5-1-10(2-6-17)15(21)22)3-7-18-9-16-13-11(14(18)20)4-8-23-13/h4,8-10H,1-3,5-7H2,(H,21,22). The van der Waals surface area contributed by atoms with E-state index in [4.69, 9.17) is 5.11 Å². The van der Waals surface area contributed by atoms with E-state index in [-0.39, 0.29) is 30.3 Å². The first-order valence-corrected chi connectivity index (χ1v) is 8.37. The van der Waals surface area contributed by atoms with Gasteiger partial charge >= 0.3 is 5.97 Å². The molecule has 1 saturated heterocycles. The van der Waals surface area contributed by atoms with Crippen molar-refractivity contribution >= 4 is 33.4 Å². The number of fused-ring (bicyclic) bond motifs is 1. The Labute approximate surface area is 136 Å². The van der Waals surface area contributed by atoms with E-state index in [2.05, 4.69) is 4.98 Å². The van der Waals surface area contributed by atoms with E-state index in [1.165, 1.54) is 22.2 Å². The van der Waals surface area contributed by atoms with Crippen molar-refractivity contribution in [2.45, 2.75) is 25.8 Å². The molecule has 0 aromatic carbocycles. The van der Waals surface area contributed by atoms with E-state index in [0.29, 0.717) is 36.1 Å². The molecule has 23 heavy (non-hydrogen) atoms. The minimum Gasteiger partial charge on any atom is -0.481 e. The molecule has 0 bridgehead atoms. The molecule has 1 fully saturated rings. The fourth-order valence-corrected chi connectivity index (χ4v) is 3.53. The summed E-state index contributed by atoms with van der Waals surface area (Å²) in [4.78, 5) is 42.0. The van der Waals surface area contributed by atoms with E-state index in [1.807, 2.05) is 5.38 Å². The number of hydrogen-bond acceptors (Lipinski definition) is 5. The Bertz CT molecular complexity index is 789. The van der Waals surface area contributed by atoms with Gasteiger partial charge in [0.15, 0.2) is 0 Å². The molecule has 1 aliphatic rings. The molecule has 122 valence electrons. The Morgan fingerprint density at radius 2 is 2.09 bits per heavy atom. The van der Waals surface area contributed by atoms with Crippen LogP contribution in [0, 0.1) is 5.92 Å². The highest BCUT2D eigenvalue weighted by atomic mass is 32.1. The van der Waals surface area contributed by atoms with Crippen molar-refractivity contribution in [3.63, 3.8) is 0 Å². The summed E-state index contributed by atoms with van der Waals surface area (Å²) in [5.41, 5.74) is -0.131. The van der Waals surface area contributed by atoms with Crippen molar-refractivity contribution in [3.05, 3.63) is 28.1 Å². The van der Waals surface area contributed by atoms with Crippen LogP contribution in [0.2, 0.25) is 0 Å². The Morgan fingerprint density at radius 1 is 1.35 bits per heavy atom. The summed E-state index contributed by atoms with van der Waals surface area (Å²) in [6.45, 7) is 1.22. The molecule has 7 nitrogen and oxygen atoms in total. The van der Waals surface area contributed by atoms with E-state index in [1.54, 1.807) is 11.0 Å². The largest absolute Gasteiger partial charge is 0.481 e. The number of likely N-dealkylation sites (tertiary alicyclic amines) is 1. The Morgan fingerprint density at radius 3 is 2.78 bits per heavy atom. The maximum atomic E-state index is 12.2. The number of piperidine rings is 1. The zero-order valence-corrected chi connectivity index (χ0v) is 13.3. The highest BCUT2D eigenvalue weighted by Gasteiger charge is 2.26. The lowest BCUT2D eigenvalue weighted by Gasteiger charge is -2.30. The molecular formula is C15H17N3O4S. The van der Waals surface area contributed by atoms with Crippen LogP contribution in [-0.2, 0) is 16.1 Å². The van der Waals surface area contributed by atoms with Crippen LogP contribution >= 0.6 is 11.3 Å². The third kappa shape index (κ3) is 3.26. The first kappa shape index (κ1) is 15.7. The summed E-state index contributed by atoms with van der Waals surface area (Å²) in [6.07, 6.45) is 2.67. The molecule has 1 N–H and O–H groups in total. The molecular weight excluding hydrogens is 318 g/mol. The van der Waals surface area contributed by atoms with Gasteiger partial charge in [-0.05, 0) is 24.3 Å². The topological polar surface area (TPSA) is 92.5 Å². The summed E-state index contributed by atoms with van der Waals surface area (Å²) in [5.74, 6) is -1.20. The number of nitrogens with zero attached hydrogens (tertiary/aromatic N) is 3. The van der Waals surface area contributed by atoms with Gasteiger partial charge < -0.3 is 10.0 Å². The third-order valence-corrected chi connectivity index (χ3v) is 5.03. The quantitative estimate of drug-likeness (QED) is 0.905. The molecule has 0 atom stereocenters. The predicted molar refractivity (Wildman–Crippen MR) is 85.4 cm³/mol. The molecule has 3 heterocycles. The van der Waals surface area contributed by atoms with Gasteiger partial charge in [0, 0.05) is 26.1 Å². The molecule has 2 aromatic rings. The number of hydrogen-bond donors (Lipinski definition) is 1. The molecule has 3 rings (SSSR count). The van der Waals surface area contributed by atoms with Crippen molar-refractivity contribution in [1.82, 2.24) is 14.5 Å². The van der Waals surface area contributed by atoms with E-state index < -0.39 is 5.97 Å². The molecule has 0 spiro atoms. The normalized spacial score (nSPS) is 15.9. The van der Waals surface area contributed by atoms with Gasteiger partial charge in [0.1, 0.15) is 4.83 Å².